The van der Waals surface area contributed by atoms with Crippen molar-refractivity contribution in [3.63, 3.8) is 0 Å². The molecule has 0 spiro atoms. The summed E-state index contributed by atoms with van der Waals surface area (Å²) in [5.41, 5.74) is 1.09. The highest BCUT2D eigenvalue weighted by Crippen LogP contribution is 2.19. The van der Waals surface area contributed by atoms with Crippen molar-refractivity contribution in [1.29, 1.82) is 0 Å². The van der Waals surface area contributed by atoms with E-state index in [1.807, 2.05) is 23.6 Å². The zero-order valence-electron chi connectivity index (χ0n) is 15.3. The Labute approximate surface area is 153 Å². The molecule has 2 aromatic rings. The highest BCUT2D eigenvalue weighted by atomic mass is 32.1. The van der Waals surface area contributed by atoms with Gasteiger partial charge in [-0.25, -0.2) is 0 Å². The lowest BCUT2D eigenvalue weighted by Gasteiger charge is -2.15. The smallest absolute Gasteiger partial charge is 0.250 e. The number of aliphatic imine (C=N–C) groups is 1. The Morgan fingerprint density at radius 1 is 1.24 bits per heavy atom. The molecule has 0 fully saturated rings. The van der Waals surface area contributed by atoms with Crippen LogP contribution in [0.2, 0.25) is 0 Å². The van der Waals surface area contributed by atoms with E-state index in [0.29, 0.717) is 5.92 Å². The van der Waals surface area contributed by atoms with E-state index in [2.05, 4.69) is 40.1 Å². The normalized spacial score (nSPS) is 12.8. The topological polar surface area (TPSA) is 58.4 Å². The largest absolute Gasteiger partial charge is 0.356 e. The standard InChI is InChI=1S/C19H28N4OS/c1-15(17-9-7-13-25-17)14-22-19(20-3)21-11-4-5-12-23-16(2)8-6-10-18(23)24/h6-10,13,15H,4-5,11-12,14H2,1-3H3,(H2,20,21,22). The van der Waals surface area contributed by atoms with Gasteiger partial charge in [-0.3, -0.25) is 9.79 Å². The molecule has 0 saturated heterocycles. The van der Waals surface area contributed by atoms with Crippen molar-refractivity contribution in [2.24, 2.45) is 4.99 Å². The van der Waals surface area contributed by atoms with Crippen LogP contribution in [-0.4, -0.2) is 30.7 Å². The van der Waals surface area contributed by atoms with E-state index < -0.39 is 0 Å². The van der Waals surface area contributed by atoms with Crippen LogP contribution in [0.1, 0.15) is 36.3 Å². The van der Waals surface area contributed by atoms with Crippen molar-refractivity contribution >= 4 is 17.3 Å². The predicted octanol–water partition coefficient (Wildman–Crippen LogP) is 2.97. The molecule has 2 rings (SSSR count). The first kappa shape index (κ1) is 19.2. The van der Waals surface area contributed by atoms with Gasteiger partial charge >= 0.3 is 0 Å². The number of pyridine rings is 1. The number of unbranched alkanes of at least 4 members (excludes halogenated alkanes) is 1. The van der Waals surface area contributed by atoms with Crippen LogP contribution < -0.4 is 16.2 Å². The van der Waals surface area contributed by atoms with E-state index >= 15 is 0 Å². The van der Waals surface area contributed by atoms with Gasteiger partial charge in [-0.2, -0.15) is 0 Å². The first-order valence-corrected chi connectivity index (χ1v) is 9.64. The number of nitrogens with zero attached hydrogens (tertiary/aromatic N) is 2. The van der Waals surface area contributed by atoms with E-state index in [1.165, 1.54) is 4.88 Å². The molecule has 1 atom stereocenters. The summed E-state index contributed by atoms with van der Waals surface area (Å²) in [7, 11) is 1.79. The van der Waals surface area contributed by atoms with Crippen molar-refractivity contribution in [3.05, 3.63) is 56.6 Å². The van der Waals surface area contributed by atoms with Crippen molar-refractivity contribution < 1.29 is 0 Å². The van der Waals surface area contributed by atoms with Crippen LogP contribution in [0.25, 0.3) is 0 Å². The maximum Gasteiger partial charge on any atom is 0.250 e. The van der Waals surface area contributed by atoms with Gasteiger partial charge in [0.05, 0.1) is 0 Å². The van der Waals surface area contributed by atoms with Gasteiger partial charge in [0.25, 0.3) is 5.56 Å². The molecule has 0 saturated carbocycles. The number of guanidine groups is 1. The third-order valence-corrected chi connectivity index (χ3v) is 5.30. The number of rotatable bonds is 8. The molecule has 5 nitrogen and oxygen atoms in total. The Morgan fingerprint density at radius 3 is 2.76 bits per heavy atom. The number of aromatic nitrogens is 1. The second-order valence-corrected chi connectivity index (χ2v) is 7.14. The Balaban J connectivity index is 1.67. The lowest BCUT2D eigenvalue weighted by molar-refractivity contribution is 0.574. The number of nitrogens with one attached hydrogen (secondary N) is 2. The molecule has 0 radical (unpaired) electrons. The number of hydrogen-bond donors (Lipinski definition) is 2. The van der Waals surface area contributed by atoms with Gasteiger partial charge in [-0.05, 0) is 37.3 Å². The average molecular weight is 361 g/mol. The third-order valence-electron chi connectivity index (χ3n) is 4.20. The van der Waals surface area contributed by atoms with Crippen LogP contribution in [0.4, 0.5) is 0 Å². The molecule has 0 aliphatic carbocycles. The van der Waals surface area contributed by atoms with Gasteiger partial charge in [0.1, 0.15) is 0 Å². The van der Waals surface area contributed by atoms with Crippen LogP contribution in [-0.2, 0) is 6.54 Å². The Morgan fingerprint density at radius 2 is 2.08 bits per heavy atom. The number of hydrogen-bond acceptors (Lipinski definition) is 3. The van der Waals surface area contributed by atoms with Gasteiger partial charge in [0.2, 0.25) is 0 Å². The van der Waals surface area contributed by atoms with Crippen LogP contribution in [0.3, 0.4) is 0 Å². The van der Waals surface area contributed by atoms with Crippen molar-refractivity contribution in [3.8, 4) is 0 Å². The summed E-state index contributed by atoms with van der Waals surface area (Å²) in [6.07, 6.45) is 1.95. The Bertz CT molecular complexity index is 721. The molecule has 0 aliphatic heterocycles. The molecule has 0 bridgehead atoms. The summed E-state index contributed by atoms with van der Waals surface area (Å²) in [5, 5.41) is 8.82. The van der Waals surface area contributed by atoms with Gasteiger partial charge in [-0.15, -0.1) is 11.3 Å². The molecular weight excluding hydrogens is 332 g/mol. The van der Waals surface area contributed by atoms with Crippen molar-refractivity contribution in [1.82, 2.24) is 15.2 Å². The van der Waals surface area contributed by atoms with Crippen LogP contribution >= 0.6 is 11.3 Å². The summed E-state index contributed by atoms with van der Waals surface area (Å²) < 4.78 is 1.83. The molecule has 0 amide bonds. The summed E-state index contributed by atoms with van der Waals surface area (Å²) >= 11 is 1.79. The monoisotopic (exact) mass is 360 g/mol. The first-order chi connectivity index (χ1) is 12.1. The Hall–Kier alpha value is -2.08. The molecule has 2 heterocycles. The van der Waals surface area contributed by atoms with Crippen LogP contribution in [0.15, 0.2) is 45.5 Å². The van der Waals surface area contributed by atoms with Gasteiger partial charge < -0.3 is 15.2 Å². The molecule has 6 heteroatoms. The highest BCUT2D eigenvalue weighted by Gasteiger charge is 2.07. The first-order valence-electron chi connectivity index (χ1n) is 8.76. The van der Waals surface area contributed by atoms with Gasteiger partial charge in [0.15, 0.2) is 5.96 Å². The second-order valence-electron chi connectivity index (χ2n) is 6.16. The van der Waals surface area contributed by atoms with Crippen molar-refractivity contribution in [2.45, 2.75) is 39.2 Å². The number of aryl methyl sites for hydroxylation is 1. The highest BCUT2D eigenvalue weighted by molar-refractivity contribution is 7.10. The summed E-state index contributed by atoms with van der Waals surface area (Å²) in [4.78, 5) is 17.5. The summed E-state index contributed by atoms with van der Waals surface area (Å²) in [6, 6.07) is 9.65. The van der Waals surface area contributed by atoms with Crippen LogP contribution in [0, 0.1) is 6.92 Å². The SMILES string of the molecule is CN=C(NCCCCn1c(C)cccc1=O)NCC(C)c1cccs1. The fourth-order valence-electron chi connectivity index (χ4n) is 2.65. The maximum absolute atomic E-state index is 11.8. The third kappa shape index (κ3) is 6.05. The van der Waals surface area contributed by atoms with Gasteiger partial charge in [0, 0.05) is 49.2 Å². The average Bonchev–Trinajstić information content (AvgIpc) is 3.14. The van der Waals surface area contributed by atoms with E-state index in [9.17, 15) is 4.79 Å². The predicted molar refractivity (Wildman–Crippen MR) is 107 cm³/mol. The zero-order chi connectivity index (χ0) is 18.1. The van der Waals surface area contributed by atoms with E-state index in [4.69, 9.17) is 0 Å². The second kappa shape index (κ2) is 10.0. The van der Waals surface area contributed by atoms with E-state index in [1.54, 1.807) is 24.5 Å². The zero-order valence-corrected chi connectivity index (χ0v) is 16.1. The summed E-state index contributed by atoms with van der Waals surface area (Å²) in [5.74, 6) is 1.29. The molecule has 0 aromatic carbocycles. The molecule has 2 N–H and O–H groups in total. The molecular formula is C19H28N4OS. The molecule has 25 heavy (non-hydrogen) atoms. The van der Waals surface area contributed by atoms with Crippen LogP contribution in [0.5, 0.6) is 0 Å². The summed E-state index contributed by atoms with van der Waals surface area (Å²) in [6.45, 7) is 6.65. The fourth-order valence-corrected chi connectivity index (χ4v) is 3.44. The Kier molecular flexibility index (Phi) is 7.73. The minimum atomic E-state index is 0.0769. The molecule has 1 unspecified atom stereocenters. The number of thiophene rings is 1. The molecule has 136 valence electrons. The van der Waals surface area contributed by atoms with E-state index in [-0.39, 0.29) is 5.56 Å². The molecule has 0 aliphatic rings. The van der Waals surface area contributed by atoms with Crippen molar-refractivity contribution in [2.75, 3.05) is 20.1 Å². The maximum atomic E-state index is 11.8. The minimum absolute atomic E-state index is 0.0769. The van der Waals surface area contributed by atoms with E-state index in [0.717, 1.165) is 44.1 Å². The van der Waals surface area contributed by atoms with Gasteiger partial charge in [-0.1, -0.05) is 19.1 Å². The minimum Gasteiger partial charge on any atom is -0.356 e. The quantitative estimate of drug-likeness (QED) is 0.432. The molecule has 2 aromatic heterocycles. The lowest BCUT2D eigenvalue weighted by atomic mass is 10.1. The fraction of sp³-hybridized carbons (Fsp3) is 0.474. The lowest BCUT2D eigenvalue weighted by Crippen LogP contribution is -2.39.